The number of aryl methyl sites for hydroxylation is 1. The predicted molar refractivity (Wildman–Crippen MR) is 142 cm³/mol. The molecule has 37 heavy (non-hydrogen) atoms. The summed E-state index contributed by atoms with van der Waals surface area (Å²) in [5.41, 5.74) is 2.53. The van der Waals surface area contributed by atoms with Gasteiger partial charge >= 0.3 is 6.03 Å². The van der Waals surface area contributed by atoms with Crippen LogP contribution in [0.1, 0.15) is 28.8 Å². The van der Waals surface area contributed by atoms with Crippen molar-refractivity contribution in [2.75, 3.05) is 32.1 Å². The number of anilines is 1. The molecule has 7 nitrogen and oxygen atoms in total. The number of ether oxygens (including phenoxy) is 2. The van der Waals surface area contributed by atoms with Gasteiger partial charge in [-0.15, -0.1) is 11.3 Å². The summed E-state index contributed by atoms with van der Waals surface area (Å²) in [6.45, 7) is 3.60. The van der Waals surface area contributed by atoms with E-state index in [4.69, 9.17) is 9.47 Å². The zero-order chi connectivity index (χ0) is 26.2. The lowest BCUT2D eigenvalue weighted by atomic mass is 10.2. The van der Waals surface area contributed by atoms with Gasteiger partial charge in [0.15, 0.2) is 0 Å². The second-order valence-corrected chi connectivity index (χ2v) is 10.1. The third kappa shape index (κ3) is 7.53. The minimum absolute atomic E-state index is 0.104. The molecule has 1 fully saturated rings. The minimum Gasteiger partial charge on any atom is -0.497 e. The highest BCUT2D eigenvalue weighted by atomic mass is 32.1. The number of nitrogens with one attached hydrogen (secondary N) is 1. The number of rotatable bonds is 10. The first-order valence-electron chi connectivity index (χ1n) is 12.3. The van der Waals surface area contributed by atoms with Crippen LogP contribution in [0.3, 0.4) is 0 Å². The van der Waals surface area contributed by atoms with Crippen molar-refractivity contribution in [1.82, 2.24) is 9.80 Å². The summed E-state index contributed by atoms with van der Waals surface area (Å²) in [6.07, 6.45) is 1.66. The molecule has 3 aromatic rings. The van der Waals surface area contributed by atoms with Gasteiger partial charge in [0.25, 0.3) is 0 Å². The maximum absolute atomic E-state index is 13.7. The topological polar surface area (TPSA) is 71.1 Å². The Morgan fingerprint density at radius 2 is 1.84 bits per heavy atom. The lowest BCUT2D eigenvalue weighted by molar-refractivity contribution is -0.133. The molecule has 0 unspecified atom stereocenters. The van der Waals surface area contributed by atoms with Crippen LogP contribution in [0.5, 0.6) is 5.75 Å². The van der Waals surface area contributed by atoms with Crippen LogP contribution in [0, 0.1) is 12.7 Å². The van der Waals surface area contributed by atoms with E-state index in [-0.39, 0.29) is 30.4 Å². The van der Waals surface area contributed by atoms with Gasteiger partial charge < -0.3 is 24.6 Å². The molecule has 0 bridgehead atoms. The standard InChI is InChI=1S/C28H32FN3O4S/c1-20-13-15-37-26(20)18-31(16-21-5-7-22(29)8-6-21)27(33)19-32(17-25-4-3-14-36-25)28(34)30-23-9-11-24(35-2)12-10-23/h5-13,15,25H,3-4,14,16-19H2,1-2H3,(H,30,34)/t25-/m1/s1. The van der Waals surface area contributed by atoms with E-state index in [0.717, 1.165) is 28.8 Å². The van der Waals surface area contributed by atoms with Crippen molar-refractivity contribution >= 4 is 29.0 Å². The first-order valence-corrected chi connectivity index (χ1v) is 13.2. The van der Waals surface area contributed by atoms with Crippen LogP contribution in [0.4, 0.5) is 14.9 Å². The molecule has 0 spiro atoms. The summed E-state index contributed by atoms with van der Waals surface area (Å²) in [5, 5.41) is 4.88. The number of hydrogen-bond donors (Lipinski definition) is 1. The zero-order valence-corrected chi connectivity index (χ0v) is 21.9. The quantitative estimate of drug-likeness (QED) is 0.382. The van der Waals surface area contributed by atoms with Gasteiger partial charge in [0.2, 0.25) is 5.91 Å². The molecule has 1 aliphatic heterocycles. The molecule has 1 N–H and O–H groups in total. The van der Waals surface area contributed by atoms with E-state index in [0.29, 0.717) is 37.7 Å². The van der Waals surface area contributed by atoms with Gasteiger partial charge in [-0.3, -0.25) is 4.79 Å². The molecule has 196 valence electrons. The van der Waals surface area contributed by atoms with E-state index in [1.54, 1.807) is 59.7 Å². The van der Waals surface area contributed by atoms with Gasteiger partial charge in [0.05, 0.1) is 19.8 Å². The summed E-state index contributed by atoms with van der Waals surface area (Å²) in [6, 6.07) is 14.8. The molecule has 4 rings (SSSR count). The Balaban J connectivity index is 1.51. The number of thiophene rings is 1. The first kappa shape index (κ1) is 26.6. The maximum Gasteiger partial charge on any atom is 0.322 e. The molecule has 1 aromatic heterocycles. The predicted octanol–water partition coefficient (Wildman–Crippen LogP) is 5.45. The van der Waals surface area contributed by atoms with Crippen molar-refractivity contribution in [3.8, 4) is 5.75 Å². The number of nitrogens with zero attached hydrogens (tertiary/aromatic N) is 2. The monoisotopic (exact) mass is 525 g/mol. The van der Waals surface area contributed by atoms with Gasteiger partial charge in [-0.2, -0.15) is 0 Å². The van der Waals surface area contributed by atoms with Gasteiger partial charge in [0.1, 0.15) is 18.1 Å². The normalized spacial score (nSPS) is 14.8. The van der Waals surface area contributed by atoms with Crippen LogP contribution in [0.2, 0.25) is 0 Å². The third-order valence-corrected chi connectivity index (χ3v) is 7.35. The number of halogens is 1. The summed E-state index contributed by atoms with van der Waals surface area (Å²) in [5.74, 6) is 0.165. The summed E-state index contributed by atoms with van der Waals surface area (Å²) in [4.78, 5) is 31.3. The van der Waals surface area contributed by atoms with Crippen LogP contribution < -0.4 is 10.1 Å². The Kier molecular flexibility index (Phi) is 9.14. The molecular formula is C28H32FN3O4S. The second kappa shape index (κ2) is 12.7. The average molecular weight is 526 g/mol. The number of carbonyl (C=O) groups is 2. The highest BCUT2D eigenvalue weighted by Crippen LogP contribution is 2.21. The first-order chi connectivity index (χ1) is 17.9. The van der Waals surface area contributed by atoms with Gasteiger partial charge in [-0.1, -0.05) is 12.1 Å². The van der Waals surface area contributed by atoms with Crippen LogP contribution in [0.15, 0.2) is 60.0 Å². The van der Waals surface area contributed by atoms with Gasteiger partial charge in [-0.25, -0.2) is 9.18 Å². The SMILES string of the molecule is COc1ccc(NC(=O)N(CC(=O)N(Cc2ccc(F)cc2)Cc2sccc2C)C[C@H]2CCCO2)cc1. The fourth-order valence-electron chi connectivity index (χ4n) is 4.18. The lowest BCUT2D eigenvalue weighted by Crippen LogP contribution is -2.46. The fraction of sp³-hybridized carbons (Fsp3) is 0.357. The number of urea groups is 1. The van der Waals surface area contributed by atoms with Crippen molar-refractivity contribution in [2.24, 2.45) is 0 Å². The van der Waals surface area contributed by atoms with Gasteiger partial charge in [0, 0.05) is 30.3 Å². The summed E-state index contributed by atoms with van der Waals surface area (Å²) < 4.78 is 24.4. The summed E-state index contributed by atoms with van der Waals surface area (Å²) in [7, 11) is 1.58. The van der Waals surface area contributed by atoms with E-state index in [2.05, 4.69) is 5.32 Å². The van der Waals surface area contributed by atoms with E-state index < -0.39 is 0 Å². The Hall–Kier alpha value is -3.43. The van der Waals surface area contributed by atoms with Crippen molar-refractivity contribution in [1.29, 1.82) is 0 Å². The Morgan fingerprint density at radius 3 is 2.46 bits per heavy atom. The minimum atomic E-state index is -0.372. The number of hydrogen-bond acceptors (Lipinski definition) is 5. The Labute approximate surface area is 220 Å². The maximum atomic E-state index is 13.7. The number of carbonyl (C=O) groups excluding carboxylic acids is 2. The molecule has 1 saturated heterocycles. The zero-order valence-electron chi connectivity index (χ0n) is 21.1. The number of amides is 3. The highest BCUT2D eigenvalue weighted by molar-refractivity contribution is 7.10. The highest BCUT2D eigenvalue weighted by Gasteiger charge is 2.27. The smallest absolute Gasteiger partial charge is 0.322 e. The molecule has 2 aromatic carbocycles. The van der Waals surface area contributed by atoms with Crippen LogP contribution in [-0.4, -0.2) is 54.6 Å². The van der Waals surface area contributed by atoms with Gasteiger partial charge in [-0.05, 0) is 78.7 Å². The molecule has 1 atom stereocenters. The lowest BCUT2D eigenvalue weighted by Gasteiger charge is -2.29. The van der Waals surface area contributed by atoms with E-state index in [9.17, 15) is 14.0 Å². The molecule has 9 heteroatoms. The summed E-state index contributed by atoms with van der Waals surface area (Å²) >= 11 is 1.59. The molecular weight excluding hydrogens is 493 g/mol. The van der Waals surface area contributed by atoms with Crippen molar-refractivity contribution in [3.05, 3.63) is 81.8 Å². The van der Waals surface area contributed by atoms with Crippen molar-refractivity contribution < 1.29 is 23.5 Å². The van der Waals surface area contributed by atoms with Crippen LogP contribution >= 0.6 is 11.3 Å². The largest absolute Gasteiger partial charge is 0.497 e. The van der Waals surface area contributed by atoms with E-state index in [1.165, 1.54) is 17.0 Å². The number of benzene rings is 2. The Morgan fingerprint density at radius 1 is 1.08 bits per heavy atom. The number of methoxy groups -OCH3 is 1. The second-order valence-electron chi connectivity index (χ2n) is 9.08. The third-order valence-electron chi connectivity index (χ3n) is 6.34. The molecule has 1 aliphatic rings. The van der Waals surface area contributed by atoms with E-state index in [1.807, 2.05) is 18.4 Å². The Bertz CT molecular complexity index is 1180. The molecule has 0 radical (unpaired) electrons. The molecule has 0 aliphatic carbocycles. The molecule has 2 heterocycles. The van der Waals surface area contributed by atoms with Crippen molar-refractivity contribution in [3.63, 3.8) is 0 Å². The average Bonchev–Trinajstić information content (AvgIpc) is 3.56. The van der Waals surface area contributed by atoms with Crippen molar-refractivity contribution in [2.45, 2.75) is 39.0 Å². The van der Waals surface area contributed by atoms with Crippen LogP contribution in [0.25, 0.3) is 0 Å². The fourth-order valence-corrected chi connectivity index (χ4v) is 5.10. The van der Waals surface area contributed by atoms with Crippen LogP contribution in [-0.2, 0) is 22.6 Å². The molecule has 0 saturated carbocycles. The molecule has 3 amide bonds. The van der Waals surface area contributed by atoms with E-state index >= 15 is 0 Å².